The van der Waals surface area contributed by atoms with Gasteiger partial charge in [0.1, 0.15) is 0 Å². The van der Waals surface area contributed by atoms with Crippen molar-refractivity contribution in [1.82, 2.24) is 4.90 Å². The molecule has 3 nitrogen and oxygen atoms in total. The van der Waals surface area contributed by atoms with Gasteiger partial charge in [-0.2, -0.15) is 0 Å². The summed E-state index contributed by atoms with van der Waals surface area (Å²) in [6.45, 7) is 2.76. The van der Waals surface area contributed by atoms with E-state index in [2.05, 4.69) is 12.1 Å². The zero-order valence-electron chi connectivity index (χ0n) is 10.7. The Labute approximate surface area is 108 Å². The van der Waals surface area contributed by atoms with Gasteiger partial charge in [-0.1, -0.05) is 6.07 Å². The zero-order chi connectivity index (χ0) is 12.4. The number of hydrogen-bond donors (Lipinski definition) is 0. The monoisotopic (exact) mass is 245 g/mol. The molecular formula is C15H19NO2. The summed E-state index contributed by atoms with van der Waals surface area (Å²) in [5, 5.41) is 0. The molecule has 3 heteroatoms. The van der Waals surface area contributed by atoms with Crippen molar-refractivity contribution in [3.05, 3.63) is 34.9 Å². The third-order valence-electron chi connectivity index (χ3n) is 3.89. The first kappa shape index (κ1) is 11.7. The first-order valence-electron chi connectivity index (χ1n) is 6.83. The number of rotatable bonds is 1. The predicted octanol–water partition coefficient (Wildman–Crippen LogP) is 2.04. The fraction of sp³-hybridized carbons (Fsp3) is 0.533. The molecule has 1 aliphatic carbocycles. The van der Waals surface area contributed by atoms with Crippen molar-refractivity contribution in [2.75, 3.05) is 26.3 Å². The van der Waals surface area contributed by atoms with Crippen molar-refractivity contribution < 1.29 is 9.53 Å². The van der Waals surface area contributed by atoms with Gasteiger partial charge in [-0.3, -0.25) is 4.79 Å². The molecule has 0 radical (unpaired) electrons. The van der Waals surface area contributed by atoms with Crippen molar-refractivity contribution in [2.24, 2.45) is 0 Å². The van der Waals surface area contributed by atoms with Gasteiger partial charge in [0.2, 0.25) is 0 Å². The Kier molecular flexibility index (Phi) is 3.33. The average Bonchev–Trinajstić information content (AvgIpc) is 2.47. The number of morpholine rings is 1. The van der Waals surface area contributed by atoms with Crippen LogP contribution in [0.1, 0.15) is 34.3 Å². The van der Waals surface area contributed by atoms with Gasteiger partial charge in [0.05, 0.1) is 13.2 Å². The molecule has 0 saturated carbocycles. The van der Waals surface area contributed by atoms with Crippen LogP contribution in [0.5, 0.6) is 0 Å². The van der Waals surface area contributed by atoms with E-state index in [1.165, 1.54) is 30.4 Å². The molecule has 1 aliphatic heterocycles. The maximum Gasteiger partial charge on any atom is 0.254 e. The summed E-state index contributed by atoms with van der Waals surface area (Å²) in [5.41, 5.74) is 3.65. The van der Waals surface area contributed by atoms with Gasteiger partial charge in [-0.15, -0.1) is 0 Å². The zero-order valence-corrected chi connectivity index (χ0v) is 10.7. The number of carbonyl (C=O) groups is 1. The quantitative estimate of drug-likeness (QED) is 0.757. The fourth-order valence-corrected chi connectivity index (χ4v) is 2.82. The van der Waals surface area contributed by atoms with Crippen LogP contribution in [0.25, 0.3) is 0 Å². The lowest BCUT2D eigenvalue weighted by Gasteiger charge is -2.27. The second kappa shape index (κ2) is 5.11. The SMILES string of the molecule is O=C(c1ccc2c(c1)CCCC2)N1CCOCC1. The van der Waals surface area contributed by atoms with Crippen LogP contribution >= 0.6 is 0 Å². The molecule has 0 spiro atoms. The second-order valence-corrected chi connectivity index (χ2v) is 5.10. The van der Waals surface area contributed by atoms with Crippen LogP contribution in [0.4, 0.5) is 0 Å². The lowest BCUT2D eigenvalue weighted by molar-refractivity contribution is 0.0303. The molecule has 0 unspecified atom stereocenters. The Balaban J connectivity index is 1.80. The summed E-state index contributed by atoms with van der Waals surface area (Å²) in [5.74, 6) is 0.159. The Hall–Kier alpha value is -1.35. The van der Waals surface area contributed by atoms with Gasteiger partial charge in [0.15, 0.2) is 0 Å². The Morgan fingerprint density at radius 2 is 1.78 bits per heavy atom. The molecule has 96 valence electrons. The van der Waals surface area contributed by atoms with Crippen molar-refractivity contribution in [3.63, 3.8) is 0 Å². The minimum Gasteiger partial charge on any atom is -0.378 e. The molecule has 0 N–H and O–H groups in total. The Morgan fingerprint density at radius 1 is 1.06 bits per heavy atom. The molecule has 1 aromatic carbocycles. The van der Waals surface area contributed by atoms with Crippen molar-refractivity contribution in [2.45, 2.75) is 25.7 Å². The van der Waals surface area contributed by atoms with Gasteiger partial charge in [0, 0.05) is 18.7 Å². The summed E-state index contributed by atoms with van der Waals surface area (Å²) in [7, 11) is 0. The molecule has 2 aliphatic rings. The topological polar surface area (TPSA) is 29.5 Å². The van der Waals surface area contributed by atoms with Gasteiger partial charge >= 0.3 is 0 Å². The van der Waals surface area contributed by atoms with Gasteiger partial charge in [-0.05, 0) is 48.9 Å². The van der Waals surface area contributed by atoms with E-state index < -0.39 is 0 Å². The highest BCUT2D eigenvalue weighted by molar-refractivity contribution is 5.94. The van der Waals surface area contributed by atoms with Crippen molar-refractivity contribution >= 4 is 5.91 Å². The normalized spacial score (nSPS) is 19.4. The van der Waals surface area contributed by atoms with E-state index in [0.29, 0.717) is 13.2 Å². The summed E-state index contributed by atoms with van der Waals surface area (Å²) in [6, 6.07) is 6.23. The molecule has 0 aromatic heterocycles. The lowest BCUT2D eigenvalue weighted by atomic mass is 9.90. The number of hydrogen-bond acceptors (Lipinski definition) is 2. The number of amides is 1. The average molecular weight is 245 g/mol. The molecule has 1 fully saturated rings. The van der Waals surface area contributed by atoms with E-state index in [9.17, 15) is 4.79 Å². The number of ether oxygens (including phenoxy) is 1. The number of carbonyl (C=O) groups excluding carboxylic acids is 1. The summed E-state index contributed by atoms with van der Waals surface area (Å²) >= 11 is 0. The molecule has 0 atom stereocenters. The maximum absolute atomic E-state index is 12.4. The highest BCUT2D eigenvalue weighted by Crippen LogP contribution is 2.22. The third kappa shape index (κ3) is 2.27. The molecule has 1 saturated heterocycles. The van der Waals surface area contributed by atoms with Gasteiger partial charge in [0.25, 0.3) is 5.91 Å². The minimum absolute atomic E-state index is 0.159. The molecule has 1 aromatic rings. The molecule has 3 rings (SSSR count). The molecule has 0 bridgehead atoms. The Morgan fingerprint density at radius 3 is 2.56 bits per heavy atom. The fourth-order valence-electron chi connectivity index (χ4n) is 2.82. The van der Waals surface area contributed by atoms with E-state index in [1.54, 1.807) is 0 Å². The third-order valence-corrected chi connectivity index (χ3v) is 3.89. The van der Waals surface area contributed by atoms with Crippen molar-refractivity contribution in [3.8, 4) is 0 Å². The molecule has 1 heterocycles. The summed E-state index contributed by atoms with van der Waals surface area (Å²) < 4.78 is 5.28. The molecule has 18 heavy (non-hydrogen) atoms. The molecule has 1 amide bonds. The van der Waals surface area contributed by atoms with E-state index in [0.717, 1.165) is 25.1 Å². The molecular weight excluding hydrogens is 226 g/mol. The standard InChI is InChI=1S/C15H19NO2/c17-15(16-7-9-18-10-8-16)14-6-5-12-3-1-2-4-13(12)11-14/h5-6,11H,1-4,7-10H2. The highest BCUT2D eigenvalue weighted by Gasteiger charge is 2.19. The summed E-state index contributed by atoms with van der Waals surface area (Å²) in [6.07, 6.45) is 4.83. The van der Waals surface area contributed by atoms with Crippen LogP contribution in [-0.2, 0) is 17.6 Å². The van der Waals surface area contributed by atoms with E-state index in [4.69, 9.17) is 4.74 Å². The van der Waals surface area contributed by atoms with Crippen LogP contribution < -0.4 is 0 Å². The van der Waals surface area contributed by atoms with Crippen LogP contribution in [0.2, 0.25) is 0 Å². The number of aryl methyl sites for hydroxylation is 2. The van der Waals surface area contributed by atoms with Crippen LogP contribution in [0.15, 0.2) is 18.2 Å². The van der Waals surface area contributed by atoms with E-state index in [1.807, 2.05) is 11.0 Å². The van der Waals surface area contributed by atoms with Crippen LogP contribution in [0, 0.1) is 0 Å². The van der Waals surface area contributed by atoms with E-state index in [-0.39, 0.29) is 5.91 Å². The smallest absolute Gasteiger partial charge is 0.254 e. The first-order valence-corrected chi connectivity index (χ1v) is 6.83. The van der Waals surface area contributed by atoms with E-state index >= 15 is 0 Å². The van der Waals surface area contributed by atoms with Crippen molar-refractivity contribution in [1.29, 1.82) is 0 Å². The number of benzene rings is 1. The summed E-state index contributed by atoms with van der Waals surface area (Å²) in [4.78, 5) is 14.3. The maximum atomic E-state index is 12.4. The second-order valence-electron chi connectivity index (χ2n) is 5.10. The van der Waals surface area contributed by atoms with Gasteiger partial charge in [-0.25, -0.2) is 0 Å². The Bertz CT molecular complexity index is 450. The minimum atomic E-state index is 0.159. The lowest BCUT2D eigenvalue weighted by Crippen LogP contribution is -2.40. The van der Waals surface area contributed by atoms with Gasteiger partial charge < -0.3 is 9.64 Å². The number of nitrogens with zero attached hydrogens (tertiary/aromatic N) is 1. The largest absolute Gasteiger partial charge is 0.378 e. The number of fused-ring (bicyclic) bond motifs is 1. The first-order chi connectivity index (χ1) is 8.84. The van der Waals surface area contributed by atoms with Crippen LogP contribution in [0.3, 0.4) is 0 Å². The van der Waals surface area contributed by atoms with Crippen LogP contribution in [-0.4, -0.2) is 37.1 Å². The predicted molar refractivity (Wildman–Crippen MR) is 69.8 cm³/mol. The highest BCUT2D eigenvalue weighted by atomic mass is 16.5.